The van der Waals surface area contributed by atoms with E-state index < -0.39 is 17.7 Å². The summed E-state index contributed by atoms with van der Waals surface area (Å²) in [5, 5.41) is 3.22. The van der Waals surface area contributed by atoms with Gasteiger partial charge in [-0.3, -0.25) is 4.98 Å². The normalized spacial score (nSPS) is 12.2. The van der Waals surface area contributed by atoms with Crippen molar-refractivity contribution in [3.05, 3.63) is 52.9 Å². The Bertz CT molecular complexity index is 578. The minimum absolute atomic E-state index is 0.236. The second kappa shape index (κ2) is 5.93. The molecule has 1 heterocycles. The summed E-state index contributed by atoms with van der Waals surface area (Å²) in [6.07, 6.45) is 3.44. The molecule has 100 valence electrons. The van der Waals surface area contributed by atoms with Crippen molar-refractivity contribution < 1.29 is 8.78 Å². The highest BCUT2D eigenvalue weighted by molar-refractivity contribution is 6.29. The summed E-state index contributed by atoms with van der Waals surface area (Å²) in [6.45, 7) is 1.86. The molecule has 0 saturated carbocycles. The Kier molecular flexibility index (Phi) is 4.27. The maximum absolute atomic E-state index is 13.7. The van der Waals surface area contributed by atoms with Crippen molar-refractivity contribution in [2.45, 2.75) is 19.4 Å². The van der Waals surface area contributed by atoms with Crippen LogP contribution in [0.15, 0.2) is 30.6 Å². The minimum Gasteiger partial charge on any atom is -0.362 e. The first-order valence-corrected chi connectivity index (χ1v) is 6.17. The number of aromatic nitrogens is 2. The summed E-state index contributed by atoms with van der Waals surface area (Å²) in [7, 11) is 0. The third kappa shape index (κ3) is 3.38. The van der Waals surface area contributed by atoms with Gasteiger partial charge in [0.1, 0.15) is 22.6 Å². The van der Waals surface area contributed by atoms with Crippen LogP contribution in [-0.4, -0.2) is 9.97 Å². The van der Waals surface area contributed by atoms with Gasteiger partial charge in [-0.25, -0.2) is 13.8 Å². The van der Waals surface area contributed by atoms with E-state index in [0.717, 1.165) is 12.1 Å². The lowest BCUT2D eigenvalue weighted by Gasteiger charge is -2.18. The van der Waals surface area contributed by atoms with E-state index in [1.165, 1.54) is 18.5 Å². The van der Waals surface area contributed by atoms with Crippen LogP contribution < -0.4 is 5.32 Å². The van der Waals surface area contributed by atoms with Crippen molar-refractivity contribution in [2.75, 3.05) is 5.32 Å². The zero-order valence-electron chi connectivity index (χ0n) is 10.2. The van der Waals surface area contributed by atoms with E-state index in [0.29, 0.717) is 12.2 Å². The van der Waals surface area contributed by atoms with E-state index in [4.69, 9.17) is 11.6 Å². The summed E-state index contributed by atoms with van der Waals surface area (Å²) < 4.78 is 26.9. The fraction of sp³-hybridized carbons (Fsp3) is 0.231. The predicted octanol–water partition coefficient (Wildman–Crippen LogP) is 3.97. The molecule has 0 saturated heterocycles. The van der Waals surface area contributed by atoms with Crippen LogP contribution in [0.2, 0.25) is 5.15 Å². The quantitative estimate of drug-likeness (QED) is 0.922. The summed E-state index contributed by atoms with van der Waals surface area (Å²) in [5.74, 6) is -0.521. The molecule has 1 N–H and O–H groups in total. The highest BCUT2D eigenvalue weighted by Crippen LogP contribution is 2.24. The average Bonchev–Trinajstić information content (AvgIpc) is 2.39. The zero-order valence-corrected chi connectivity index (χ0v) is 11.0. The first-order chi connectivity index (χ1) is 9.10. The molecule has 1 aromatic carbocycles. The molecule has 0 aliphatic heterocycles. The molecule has 2 aromatic rings. The highest BCUT2D eigenvalue weighted by atomic mass is 35.5. The lowest BCUT2D eigenvalue weighted by atomic mass is 10.0. The molecule has 0 fully saturated rings. The molecule has 2 rings (SSSR count). The molecule has 1 aromatic heterocycles. The van der Waals surface area contributed by atoms with Crippen molar-refractivity contribution in [1.82, 2.24) is 9.97 Å². The Labute approximate surface area is 114 Å². The molecule has 0 bridgehead atoms. The van der Waals surface area contributed by atoms with Gasteiger partial charge in [0.2, 0.25) is 0 Å². The lowest BCUT2D eigenvalue weighted by Crippen LogP contribution is -2.13. The van der Waals surface area contributed by atoms with E-state index in [2.05, 4.69) is 15.3 Å². The standard InChI is InChI=1S/C13H12ClF2N3/c1-2-11(9-5-8(15)3-4-10(9)16)18-13-7-17-6-12(14)19-13/h3-7,11H,2H2,1H3,(H,18,19). The summed E-state index contributed by atoms with van der Waals surface area (Å²) in [6, 6.07) is 2.97. The first-order valence-electron chi connectivity index (χ1n) is 5.79. The Morgan fingerprint density at radius 3 is 2.79 bits per heavy atom. The maximum Gasteiger partial charge on any atom is 0.149 e. The fourth-order valence-corrected chi connectivity index (χ4v) is 1.92. The smallest absolute Gasteiger partial charge is 0.149 e. The van der Waals surface area contributed by atoms with Crippen LogP contribution in [0.5, 0.6) is 0 Å². The third-order valence-corrected chi connectivity index (χ3v) is 2.85. The van der Waals surface area contributed by atoms with Crippen LogP contribution in [0.4, 0.5) is 14.6 Å². The molecule has 0 spiro atoms. The number of nitrogens with zero attached hydrogens (tertiary/aromatic N) is 2. The van der Waals surface area contributed by atoms with Gasteiger partial charge in [0.15, 0.2) is 0 Å². The van der Waals surface area contributed by atoms with Gasteiger partial charge in [-0.05, 0) is 24.6 Å². The van der Waals surface area contributed by atoms with E-state index >= 15 is 0 Å². The topological polar surface area (TPSA) is 37.8 Å². The molecular weight excluding hydrogens is 272 g/mol. The van der Waals surface area contributed by atoms with Crippen molar-refractivity contribution in [3.63, 3.8) is 0 Å². The van der Waals surface area contributed by atoms with E-state index in [1.54, 1.807) is 0 Å². The zero-order chi connectivity index (χ0) is 13.8. The van der Waals surface area contributed by atoms with Crippen molar-refractivity contribution in [3.8, 4) is 0 Å². The molecule has 0 aliphatic carbocycles. The molecule has 1 atom stereocenters. The lowest BCUT2D eigenvalue weighted by molar-refractivity contribution is 0.566. The SMILES string of the molecule is CCC(Nc1cncc(Cl)n1)c1cc(F)ccc1F. The van der Waals surface area contributed by atoms with Gasteiger partial charge in [0, 0.05) is 5.56 Å². The number of hydrogen-bond acceptors (Lipinski definition) is 3. The minimum atomic E-state index is -0.478. The van der Waals surface area contributed by atoms with Gasteiger partial charge in [0.25, 0.3) is 0 Å². The van der Waals surface area contributed by atoms with Gasteiger partial charge in [-0.1, -0.05) is 18.5 Å². The van der Waals surface area contributed by atoms with E-state index in [1.807, 2.05) is 6.92 Å². The molecule has 1 unspecified atom stereocenters. The molecule has 0 aliphatic rings. The molecule has 19 heavy (non-hydrogen) atoms. The first kappa shape index (κ1) is 13.7. The average molecular weight is 284 g/mol. The van der Waals surface area contributed by atoms with Crippen LogP contribution >= 0.6 is 11.6 Å². The largest absolute Gasteiger partial charge is 0.362 e. The predicted molar refractivity (Wildman–Crippen MR) is 70.1 cm³/mol. The molecule has 0 radical (unpaired) electrons. The van der Waals surface area contributed by atoms with E-state index in [9.17, 15) is 8.78 Å². The monoisotopic (exact) mass is 283 g/mol. The Balaban J connectivity index is 2.27. The summed E-state index contributed by atoms with van der Waals surface area (Å²) in [5.41, 5.74) is 0.254. The molecule has 0 amide bonds. The van der Waals surface area contributed by atoms with Crippen LogP contribution in [0.25, 0.3) is 0 Å². The number of halogens is 3. The van der Waals surface area contributed by atoms with Crippen molar-refractivity contribution >= 4 is 17.4 Å². The summed E-state index contributed by atoms with van der Waals surface area (Å²) >= 11 is 5.73. The maximum atomic E-state index is 13.7. The molecular formula is C13H12ClF2N3. The Morgan fingerprint density at radius 1 is 1.32 bits per heavy atom. The van der Waals surface area contributed by atoms with E-state index in [-0.39, 0.29) is 10.7 Å². The Morgan fingerprint density at radius 2 is 2.11 bits per heavy atom. The number of nitrogens with one attached hydrogen (secondary N) is 1. The van der Waals surface area contributed by atoms with Crippen LogP contribution in [0.3, 0.4) is 0 Å². The third-order valence-electron chi connectivity index (χ3n) is 2.67. The molecule has 3 nitrogen and oxygen atoms in total. The fourth-order valence-electron chi connectivity index (χ4n) is 1.77. The Hall–Kier alpha value is -1.75. The van der Waals surface area contributed by atoms with Gasteiger partial charge in [0.05, 0.1) is 18.4 Å². The summed E-state index contributed by atoms with van der Waals surface area (Å²) in [4.78, 5) is 7.89. The van der Waals surface area contributed by atoms with Crippen LogP contribution in [0, 0.1) is 11.6 Å². The highest BCUT2D eigenvalue weighted by Gasteiger charge is 2.15. The van der Waals surface area contributed by atoms with Gasteiger partial charge < -0.3 is 5.32 Å². The van der Waals surface area contributed by atoms with Gasteiger partial charge in [-0.2, -0.15) is 0 Å². The number of hydrogen-bond donors (Lipinski definition) is 1. The van der Waals surface area contributed by atoms with Crippen LogP contribution in [0.1, 0.15) is 24.9 Å². The van der Waals surface area contributed by atoms with Crippen molar-refractivity contribution in [2.24, 2.45) is 0 Å². The van der Waals surface area contributed by atoms with Gasteiger partial charge in [-0.15, -0.1) is 0 Å². The number of benzene rings is 1. The van der Waals surface area contributed by atoms with Crippen LogP contribution in [-0.2, 0) is 0 Å². The number of rotatable bonds is 4. The second-order valence-corrected chi connectivity index (χ2v) is 4.39. The number of anilines is 1. The molecule has 6 heteroatoms. The van der Waals surface area contributed by atoms with Gasteiger partial charge >= 0.3 is 0 Å². The second-order valence-electron chi connectivity index (χ2n) is 4.00. The van der Waals surface area contributed by atoms with Crippen molar-refractivity contribution in [1.29, 1.82) is 0 Å².